The van der Waals surface area contributed by atoms with Crippen molar-refractivity contribution in [3.63, 3.8) is 0 Å². The molecule has 0 aromatic heterocycles. The summed E-state index contributed by atoms with van der Waals surface area (Å²) in [5.74, 6) is -2.69. The average Bonchev–Trinajstić information content (AvgIpc) is 3.20. The van der Waals surface area contributed by atoms with Crippen molar-refractivity contribution in [2.75, 3.05) is 6.16 Å². The maximum atomic E-state index is 11.0. The second-order valence-corrected chi connectivity index (χ2v) is 11.7. The van der Waals surface area contributed by atoms with E-state index >= 15 is 0 Å². The minimum atomic E-state index is -1.53. The summed E-state index contributed by atoms with van der Waals surface area (Å²) in [5, 5.41) is 13.0. The Morgan fingerprint density at radius 3 is 1.50 bits per heavy atom. The van der Waals surface area contributed by atoms with Crippen LogP contribution in [0.25, 0.3) is 0 Å². The Balaban J connectivity index is 0.000000210. The molecule has 1 aliphatic rings. The largest absolute Gasteiger partial charge is 1.00 e. The normalized spacial score (nSPS) is 11.9. The number of fused-ring (bicyclic) bond motifs is 1. The second kappa shape index (κ2) is 12.1. The summed E-state index contributed by atoms with van der Waals surface area (Å²) in [7, 11) is -1.53. The molecule has 4 aromatic rings. The average molecular weight is 610 g/mol. The van der Waals surface area contributed by atoms with Gasteiger partial charge in [-0.2, -0.15) is 0 Å². The van der Waals surface area contributed by atoms with Crippen molar-refractivity contribution >= 4 is 41.1 Å². The van der Waals surface area contributed by atoms with E-state index < -0.39 is 25.2 Å². The lowest BCUT2D eigenvalue weighted by Crippen LogP contribution is -3.00. The lowest BCUT2D eigenvalue weighted by Gasteiger charge is -2.26. The van der Waals surface area contributed by atoms with Gasteiger partial charge in [0.05, 0.1) is 22.9 Å². The van der Waals surface area contributed by atoms with E-state index in [0.717, 1.165) is 12.2 Å². The molecule has 0 bridgehead atoms. The van der Waals surface area contributed by atoms with Gasteiger partial charge in [-0.3, -0.25) is 0 Å². The van der Waals surface area contributed by atoms with Crippen LogP contribution in [0.2, 0.25) is 0 Å². The van der Waals surface area contributed by atoms with Crippen LogP contribution in [-0.2, 0) is 4.74 Å². The maximum absolute atomic E-state index is 11.0. The number of aromatic carboxylic acids is 1. The van der Waals surface area contributed by atoms with Crippen LogP contribution in [0.15, 0.2) is 109 Å². The number of benzene rings is 4. The minimum Gasteiger partial charge on any atom is -1.00 e. The van der Waals surface area contributed by atoms with E-state index in [1.54, 1.807) is 0 Å². The van der Waals surface area contributed by atoms with Crippen molar-refractivity contribution in [2.24, 2.45) is 0 Å². The maximum Gasteiger partial charge on any atom is 0.346 e. The summed E-state index contributed by atoms with van der Waals surface area (Å²) in [6.45, 7) is 2.32. The van der Waals surface area contributed by atoms with Gasteiger partial charge in [0, 0.05) is 0 Å². The first kappa shape index (κ1) is 27.2. The summed E-state index contributed by atoms with van der Waals surface area (Å²) in [6.07, 6.45) is 1.14. The molecule has 1 aliphatic heterocycles. The topological polar surface area (TPSA) is 80.7 Å². The molecule has 182 valence electrons. The number of ether oxygens (including phenoxy) is 1. The van der Waals surface area contributed by atoms with Gasteiger partial charge in [-0.05, 0) is 61.5 Å². The highest BCUT2D eigenvalue weighted by atomic mass is 127. The molecular formula is C29H24IO5P. The van der Waals surface area contributed by atoms with Crippen LogP contribution in [0.3, 0.4) is 0 Å². The van der Waals surface area contributed by atoms with Gasteiger partial charge in [0.1, 0.15) is 23.2 Å². The van der Waals surface area contributed by atoms with E-state index in [4.69, 9.17) is 5.11 Å². The van der Waals surface area contributed by atoms with Crippen molar-refractivity contribution < 1.29 is 48.2 Å². The first-order valence-electron chi connectivity index (χ1n) is 11.2. The number of rotatable bonds is 5. The van der Waals surface area contributed by atoms with Gasteiger partial charge in [0.15, 0.2) is 0 Å². The quantitative estimate of drug-likeness (QED) is 0.161. The lowest BCUT2D eigenvalue weighted by atomic mass is 10.1. The molecule has 0 spiro atoms. The highest BCUT2D eigenvalue weighted by Gasteiger charge is 2.43. The van der Waals surface area contributed by atoms with Gasteiger partial charge < -0.3 is 33.8 Å². The molecular weight excluding hydrogens is 586 g/mol. The van der Waals surface area contributed by atoms with E-state index in [-0.39, 0.29) is 40.7 Å². The SMILES string of the molecule is CC[P+](c1ccccc1)(c1ccccc1)c1ccccc1.O=C(O)c1ccc2c(c1)C(=O)OC2=O.[I-]. The van der Waals surface area contributed by atoms with E-state index in [1.165, 1.54) is 28.0 Å². The van der Waals surface area contributed by atoms with Crippen LogP contribution in [0.1, 0.15) is 38.0 Å². The summed E-state index contributed by atoms with van der Waals surface area (Å²) in [5.41, 5.74) is 0.0744. The molecule has 1 N–H and O–H groups in total. The van der Waals surface area contributed by atoms with Gasteiger partial charge in [0.25, 0.3) is 0 Å². The molecule has 36 heavy (non-hydrogen) atoms. The third-order valence-corrected chi connectivity index (χ3v) is 10.4. The second-order valence-electron chi connectivity index (χ2n) is 7.88. The molecule has 7 heteroatoms. The van der Waals surface area contributed by atoms with Crippen molar-refractivity contribution in [1.29, 1.82) is 0 Å². The molecule has 0 atom stereocenters. The third kappa shape index (κ3) is 5.40. The summed E-state index contributed by atoms with van der Waals surface area (Å²) in [6, 6.07) is 36.6. The van der Waals surface area contributed by atoms with Gasteiger partial charge in [-0.1, -0.05) is 54.6 Å². The van der Waals surface area contributed by atoms with Gasteiger partial charge in [0.2, 0.25) is 0 Å². The zero-order chi connectivity index (χ0) is 24.8. The van der Waals surface area contributed by atoms with Crippen molar-refractivity contribution in [3.05, 3.63) is 126 Å². The van der Waals surface area contributed by atoms with Crippen LogP contribution in [0.5, 0.6) is 0 Å². The van der Waals surface area contributed by atoms with Crippen LogP contribution in [-0.4, -0.2) is 29.2 Å². The molecule has 0 fully saturated rings. The highest BCUT2D eigenvalue weighted by molar-refractivity contribution is 7.95. The molecule has 4 aromatic carbocycles. The van der Waals surface area contributed by atoms with E-state index in [1.807, 2.05) is 0 Å². The predicted molar refractivity (Wildman–Crippen MR) is 139 cm³/mol. The highest BCUT2D eigenvalue weighted by Crippen LogP contribution is 2.54. The number of carboxylic acid groups (broad SMARTS) is 1. The Kier molecular flexibility index (Phi) is 9.13. The van der Waals surface area contributed by atoms with Crippen LogP contribution in [0, 0.1) is 0 Å². The first-order chi connectivity index (χ1) is 17.0. The molecule has 0 saturated carbocycles. The number of carbonyl (C=O) groups excluding carboxylic acids is 2. The smallest absolute Gasteiger partial charge is 0.346 e. The van der Waals surface area contributed by atoms with Crippen molar-refractivity contribution in [3.8, 4) is 0 Å². The number of esters is 2. The Labute approximate surface area is 227 Å². The Morgan fingerprint density at radius 2 is 1.11 bits per heavy atom. The van der Waals surface area contributed by atoms with Crippen LogP contribution < -0.4 is 39.9 Å². The molecule has 0 aliphatic carbocycles. The first-order valence-corrected chi connectivity index (χ1v) is 13.1. The molecule has 0 amide bonds. The Hall–Kier alpha value is -3.35. The number of hydrogen-bond acceptors (Lipinski definition) is 4. The Bertz CT molecular complexity index is 1260. The molecule has 0 saturated heterocycles. The van der Waals surface area contributed by atoms with E-state index in [2.05, 4.69) is 103 Å². The van der Waals surface area contributed by atoms with Gasteiger partial charge in [-0.15, -0.1) is 0 Å². The standard InChI is InChI=1S/C20H20P.C9H4O5.HI/c1-2-21(18-12-6-3-7-13-18,19-14-8-4-9-15-19)20-16-10-5-11-17-20;10-7(11)4-1-2-5-6(3-4)9(13)14-8(5)12;/h3-17H,2H2,1H3;1-3H,(H,10,11);1H/q+1;;/p-1. The van der Waals surface area contributed by atoms with E-state index in [9.17, 15) is 14.4 Å². The summed E-state index contributed by atoms with van der Waals surface area (Å²) < 4.78 is 4.30. The number of hydrogen-bond donors (Lipinski definition) is 1. The van der Waals surface area contributed by atoms with Crippen molar-refractivity contribution in [1.82, 2.24) is 0 Å². The van der Waals surface area contributed by atoms with E-state index in [0.29, 0.717) is 0 Å². The van der Waals surface area contributed by atoms with Gasteiger partial charge >= 0.3 is 17.9 Å². The summed E-state index contributed by atoms with van der Waals surface area (Å²) >= 11 is 0. The zero-order valence-electron chi connectivity index (χ0n) is 19.5. The predicted octanol–water partition coefficient (Wildman–Crippen LogP) is 1.70. The Morgan fingerprint density at radius 1 is 0.694 bits per heavy atom. The fraction of sp³-hybridized carbons (Fsp3) is 0.0690. The number of carboxylic acids is 1. The van der Waals surface area contributed by atoms with Gasteiger partial charge in [-0.25, -0.2) is 14.4 Å². The molecule has 0 radical (unpaired) electrons. The van der Waals surface area contributed by atoms with Crippen LogP contribution in [0.4, 0.5) is 0 Å². The van der Waals surface area contributed by atoms with Crippen molar-refractivity contribution in [2.45, 2.75) is 6.92 Å². The molecule has 5 nitrogen and oxygen atoms in total. The number of cyclic esters (lactones) is 2. The fourth-order valence-corrected chi connectivity index (χ4v) is 8.29. The molecule has 5 rings (SSSR count). The monoisotopic (exact) mass is 610 g/mol. The third-order valence-electron chi connectivity index (χ3n) is 5.96. The lowest BCUT2D eigenvalue weighted by molar-refractivity contribution is -0.0000614. The molecule has 1 heterocycles. The fourth-order valence-electron chi connectivity index (χ4n) is 4.26. The summed E-state index contributed by atoms with van der Waals surface area (Å²) in [4.78, 5) is 32.5. The van der Waals surface area contributed by atoms with Crippen LogP contribution >= 0.6 is 7.26 Å². The number of carbonyl (C=O) groups is 3. The molecule has 0 unspecified atom stereocenters. The zero-order valence-corrected chi connectivity index (χ0v) is 22.6. The number of halogens is 1. The minimum absolute atomic E-state index is 0.